The second-order valence-corrected chi connectivity index (χ2v) is 4.13. The molecule has 0 aliphatic rings. The van der Waals surface area contributed by atoms with Crippen LogP contribution in [0.3, 0.4) is 0 Å². The molecule has 21 heavy (non-hydrogen) atoms. The smallest absolute Gasteiger partial charge is 0.321 e. The highest BCUT2D eigenvalue weighted by atomic mass is 16.6. The van der Waals surface area contributed by atoms with Crippen LogP contribution in [0.2, 0.25) is 0 Å². The molecular weight excluding hydrogens is 276 g/mol. The maximum Gasteiger partial charge on any atom is 0.321 e. The van der Waals surface area contributed by atoms with E-state index in [-0.39, 0.29) is 11.5 Å². The number of nitrogens with zero attached hydrogens (tertiary/aromatic N) is 1. The molecule has 0 atom stereocenters. The number of nitrogens with one attached hydrogen (secondary N) is 2. The summed E-state index contributed by atoms with van der Waals surface area (Å²) in [7, 11) is 0. The average Bonchev–Trinajstić information content (AvgIpc) is 2.95. The zero-order chi connectivity index (χ0) is 15.2. The summed E-state index contributed by atoms with van der Waals surface area (Å²) in [6.07, 6.45) is 0. The molecule has 0 aliphatic carbocycles. The quantitative estimate of drug-likeness (QED) is 0.549. The van der Waals surface area contributed by atoms with Crippen LogP contribution in [-0.2, 0) is 0 Å². The second kappa shape index (κ2) is 6.53. The molecule has 1 aromatic heterocycles. The van der Waals surface area contributed by atoms with E-state index in [1.165, 1.54) is 12.1 Å². The molecule has 0 aliphatic heterocycles. The minimum Gasteiger partial charge on any atom is -0.492 e. The van der Waals surface area contributed by atoms with Gasteiger partial charge in [-0.2, -0.15) is 0 Å². The minimum atomic E-state index is -0.599. The summed E-state index contributed by atoms with van der Waals surface area (Å²) in [6.45, 7) is 0.767. The zero-order valence-electron chi connectivity index (χ0n) is 11.0. The fourth-order valence-electron chi connectivity index (χ4n) is 1.66. The Morgan fingerprint density at radius 2 is 2.19 bits per heavy atom. The van der Waals surface area contributed by atoms with Crippen molar-refractivity contribution >= 4 is 17.4 Å². The molecule has 1 heterocycles. The van der Waals surface area contributed by atoms with Gasteiger partial charge >= 0.3 is 5.82 Å². The zero-order valence-corrected chi connectivity index (χ0v) is 11.0. The molecule has 0 radical (unpaired) electrons. The number of nitrogens with two attached hydrogens (primary N) is 1. The van der Waals surface area contributed by atoms with Gasteiger partial charge in [-0.15, -0.1) is 0 Å². The number of carbonyl (C=O) groups is 1. The highest BCUT2D eigenvalue weighted by Crippen LogP contribution is 2.18. The summed E-state index contributed by atoms with van der Waals surface area (Å²) in [6, 6.07) is 9.37. The Morgan fingerprint density at radius 1 is 1.38 bits per heavy atom. The van der Waals surface area contributed by atoms with Gasteiger partial charge in [-0.05, 0) is 23.1 Å². The third-order valence-electron chi connectivity index (χ3n) is 2.59. The van der Waals surface area contributed by atoms with E-state index in [9.17, 15) is 14.9 Å². The number of H-pyrrole nitrogens is 1. The van der Waals surface area contributed by atoms with E-state index in [0.29, 0.717) is 24.6 Å². The lowest BCUT2D eigenvalue weighted by molar-refractivity contribution is -0.389. The van der Waals surface area contributed by atoms with Crippen LogP contribution in [0.4, 0.5) is 11.5 Å². The highest BCUT2D eigenvalue weighted by Gasteiger charge is 2.15. The van der Waals surface area contributed by atoms with E-state index in [1.807, 2.05) is 0 Å². The Morgan fingerprint density at radius 3 is 2.86 bits per heavy atom. The lowest BCUT2D eigenvalue weighted by Crippen LogP contribution is -2.13. The molecule has 1 amide bonds. The number of nitro groups is 1. The van der Waals surface area contributed by atoms with Gasteiger partial charge in [0.15, 0.2) is 5.69 Å². The van der Waals surface area contributed by atoms with Crippen LogP contribution in [0.15, 0.2) is 36.4 Å². The van der Waals surface area contributed by atoms with E-state index in [0.717, 1.165) is 0 Å². The number of ether oxygens (including phenoxy) is 1. The molecule has 0 spiro atoms. The predicted octanol–water partition coefficient (Wildman–Crippen LogP) is 1.51. The Hall–Kier alpha value is -2.87. The van der Waals surface area contributed by atoms with Crippen molar-refractivity contribution in [2.75, 3.05) is 18.5 Å². The average molecular weight is 290 g/mol. The lowest BCUT2D eigenvalue weighted by Gasteiger charge is -2.07. The molecule has 4 N–H and O–H groups in total. The molecule has 8 nitrogen and oxygen atoms in total. The third-order valence-corrected chi connectivity index (χ3v) is 2.59. The number of carbonyl (C=O) groups excluding carboxylic acids is 1. The van der Waals surface area contributed by atoms with Gasteiger partial charge in [-0.25, -0.2) is 4.98 Å². The summed E-state index contributed by atoms with van der Waals surface area (Å²) >= 11 is 0. The Labute approximate surface area is 120 Å². The normalized spacial score (nSPS) is 10.1. The monoisotopic (exact) mass is 290 g/mol. The molecule has 110 valence electrons. The van der Waals surface area contributed by atoms with Crippen molar-refractivity contribution < 1.29 is 14.5 Å². The van der Waals surface area contributed by atoms with Gasteiger partial charge in [0.2, 0.25) is 0 Å². The molecule has 0 saturated carbocycles. The number of aromatic amines is 1. The SMILES string of the molecule is NCCOc1cccc(NC(=O)c2ccc([N+](=O)[O-])[nH]2)c1. The van der Waals surface area contributed by atoms with Crippen molar-refractivity contribution in [1.29, 1.82) is 0 Å². The standard InChI is InChI=1S/C13H14N4O4/c14-6-7-21-10-3-1-2-9(8-10)15-13(18)11-4-5-12(16-11)17(19)20/h1-5,8,16H,6-7,14H2,(H,15,18). The van der Waals surface area contributed by atoms with Crippen LogP contribution in [0.25, 0.3) is 0 Å². The predicted molar refractivity (Wildman–Crippen MR) is 76.4 cm³/mol. The molecule has 8 heteroatoms. The third kappa shape index (κ3) is 3.80. The van der Waals surface area contributed by atoms with Crippen molar-refractivity contribution in [2.45, 2.75) is 0 Å². The lowest BCUT2D eigenvalue weighted by atomic mass is 10.3. The summed E-state index contributed by atoms with van der Waals surface area (Å²) in [5, 5.41) is 13.2. The van der Waals surface area contributed by atoms with Crippen molar-refractivity contribution in [3.8, 4) is 5.75 Å². The molecule has 2 rings (SSSR count). The molecule has 0 saturated heterocycles. The van der Waals surface area contributed by atoms with Gasteiger partial charge in [0.1, 0.15) is 12.4 Å². The first-order chi connectivity index (χ1) is 10.1. The van der Waals surface area contributed by atoms with E-state index in [2.05, 4.69) is 10.3 Å². The van der Waals surface area contributed by atoms with Crippen LogP contribution >= 0.6 is 0 Å². The minimum absolute atomic E-state index is 0.106. The summed E-state index contributed by atoms with van der Waals surface area (Å²) < 4.78 is 5.35. The van der Waals surface area contributed by atoms with Crippen molar-refractivity contribution in [3.05, 3.63) is 52.2 Å². The molecular formula is C13H14N4O4. The summed E-state index contributed by atoms with van der Waals surface area (Å²) in [5.74, 6) is -0.130. The van der Waals surface area contributed by atoms with Crippen LogP contribution in [-0.4, -0.2) is 29.0 Å². The number of aromatic nitrogens is 1. The maximum absolute atomic E-state index is 11.9. The number of hydrogen-bond donors (Lipinski definition) is 3. The molecule has 0 bridgehead atoms. The van der Waals surface area contributed by atoms with Gasteiger partial charge in [0, 0.05) is 24.4 Å². The van der Waals surface area contributed by atoms with Crippen molar-refractivity contribution in [3.63, 3.8) is 0 Å². The first kappa shape index (κ1) is 14.5. The van der Waals surface area contributed by atoms with Crippen LogP contribution in [0, 0.1) is 10.1 Å². The van der Waals surface area contributed by atoms with E-state index in [1.54, 1.807) is 24.3 Å². The van der Waals surface area contributed by atoms with Gasteiger partial charge in [-0.1, -0.05) is 6.07 Å². The van der Waals surface area contributed by atoms with Gasteiger partial charge in [0.05, 0.1) is 0 Å². The van der Waals surface area contributed by atoms with Crippen LogP contribution < -0.4 is 15.8 Å². The van der Waals surface area contributed by atoms with Crippen molar-refractivity contribution in [1.82, 2.24) is 4.98 Å². The van der Waals surface area contributed by atoms with E-state index in [4.69, 9.17) is 10.5 Å². The van der Waals surface area contributed by atoms with E-state index < -0.39 is 10.8 Å². The van der Waals surface area contributed by atoms with Crippen molar-refractivity contribution in [2.24, 2.45) is 5.73 Å². The van der Waals surface area contributed by atoms with Crippen LogP contribution in [0.1, 0.15) is 10.5 Å². The molecule has 1 aromatic carbocycles. The van der Waals surface area contributed by atoms with Gasteiger partial charge in [-0.3, -0.25) is 4.79 Å². The largest absolute Gasteiger partial charge is 0.492 e. The number of anilines is 1. The maximum atomic E-state index is 11.9. The number of benzene rings is 1. The summed E-state index contributed by atoms with van der Waals surface area (Å²) in [4.78, 5) is 24.3. The van der Waals surface area contributed by atoms with Gasteiger partial charge < -0.3 is 25.9 Å². The summed E-state index contributed by atoms with van der Waals surface area (Å²) in [5.41, 5.74) is 5.97. The number of amides is 1. The molecule has 2 aromatic rings. The Balaban J connectivity index is 2.06. The first-order valence-electron chi connectivity index (χ1n) is 6.18. The second-order valence-electron chi connectivity index (χ2n) is 4.13. The molecule has 0 fully saturated rings. The fourth-order valence-corrected chi connectivity index (χ4v) is 1.66. The topological polar surface area (TPSA) is 123 Å². The number of hydrogen-bond acceptors (Lipinski definition) is 5. The van der Waals surface area contributed by atoms with Crippen LogP contribution in [0.5, 0.6) is 5.75 Å². The number of rotatable bonds is 6. The van der Waals surface area contributed by atoms with Gasteiger partial charge in [0.25, 0.3) is 5.91 Å². The van der Waals surface area contributed by atoms with E-state index >= 15 is 0 Å². The Kier molecular flexibility index (Phi) is 4.52. The Bertz CT molecular complexity index is 653. The highest BCUT2D eigenvalue weighted by molar-refractivity contribution is 6.03. The first-order valence-corrected chi connectivity index (χ1v) is 6.18. The fraction of sp³-hybridized carbons (Fsp3) is 0.154. The molecule has 0 unspecified atom stereocenters.